The minimum atomic E-state index is -1.26. The topological polar surface area (TPSA) is 112 Å². The Morgan fingerprint density at radius 1 is 1.23 bits per heavy atom. The summed E-state index contributed by atoms with van der Waals surface area (Å²) < 4.78 is 0. The first-order valence-corrected chi connectivity index (χ1v) is 6.82. The van der Waals surface area contributed by atoms with Gasteiger partial charge in [-0.25, -0.2) is 0 Å². The van der Waals surface area contributed by atoms with Gasteiger partial charge in [0.05, 0.1) is 10.8 Å². The van der Waals surface area contributed by atoms with Gasteiger partial charge >= 0.3 is 0 Å². The Kier molecular flexibility index (Phi) is 4.55. The van der Waals surface area contributed by atoms with Crippen LogP contribution in [0.3, 0.4) is 0 Å². The first kappa shape index (κ1) is 15.7. The molecule has 116 valence electrons. The second-order valence-corrected chi connectivity index (χ2v) is 5.22. The highest BCUT2D eigenvalue weighted by molar-refractivity contribution is 5.95. The molecule has 1 aliphatic carbocycles. The lowest BCUT2D eigenvalue weighted by Gasteiger charge is -2.28. The van der Waals surface area contributed by atoms with Gasteiger partial charge in [-0.2, -0.15) is 0 Å². The van der Waals surface area contributed by atoms with Crippen LogP contribution in [0.25, 0.3) is 0 Å². The summed E-state index contributed by atoms with van der Waals surface area (Å²) in [6.45, 7) is 1.60. The average Bonchev–Trinajstić information content (AvgIpc) is 2.48. The molecule has 1 amide bonds. The largest absolute Gasteiger partial charge is 0.550 e. The fraction of sp³-hybridized carbons (Fsp3) is 0.333. The molecule has 2 rings (SSSR count). The van der Waals surface area contributed by atoms with Crippen LogP contribution in [0.2, 0.25) is 0 Å². The molecule has 0 heterocycles. The summed E-state index contributed by atoms with van der Waals surface area (Å²) in [5.74, 6) is -3.36. The van der Waals surface area contributed by atoms with Crippen LogP contribution in [0, 0.1) is 28.9 Å². The maximum absolute atomic E-state index is 12.2. The van der Waals surface area contributed by atoms with Crippen LogP contribution in [-0.4, -0.2) is 16.8 Å². The van der Waals surface area contributed by atoms with Crippen LogP contribution in [-0.2, 0) is 9.59 Å². The molecule has 0 unspecified atom stereocenters. The van der Waals surface area contributed by atoms with E-state index in [1.165, 1.54) is 12.1 Å². The van der Waals surface area contributed by atoms with E-state index in [1.54, 1.807) is 25.1 Å². The van der Waals surface area contributed by atoms with E-state index in [4.69, 9.17) is 0 Å². The van der Waals surface area contributed by atoms with Crippen LogP contribution in [0.15, 0.2) is 30.4 Å². The molecule has 0 bridgehead atoms. The Morgan fingerprint density at radius 3 is 2.45 bits per heavy atom. The number of carbonyl (C=O) groups is 2. The molecule has 1 N–H and O–H groups in total. The Morgan fingerprint density at radius 2 is 1.86 bits per heavy atom. The van der Waals surface area contributed by atoms with Crippen molar-refractivity contribution >= 4 is 23.3 Å². The predicted octanol–water partition coefficient (Wildman–Crippen LogP) is 1.17. The molecule has 7 heteroatoms. The predicted molar refractivity (Wildman–Crippen MR) is 76.8 cm³/mol. The molecule has 0 saturated heterocycles. The van der Waals surface area contributed by atoms with Crippen LogP contribution in [0.5, 0.6) is 0 Å². The number of nitrogens with one attached hydrogen (secondary N) is 1. The minimum Gasteiger partial charge on any atom is -0.550 e. The van der Waals surface area contributed by atoms with Crippen molar-refractivity contribution in [1.29, 1.82) is 0 Å². The number of hydrogen-bond acceptors (Lipinski definition) is 5. The highest BCUT2D eigenvalue weighted by atomic mass is 16.6. The number of aliphatic carboxylic acids is 1. The van der Waals surface area contributed by atoms with Crippen LogP contribution in [0.4, 0.5) is 11.4 Å². The average molecular weight is 303 g/mol. The molecular formula is C15H15N2O5-. The van der Waals surface area contributed by atoms with Gasteiger partial charge in [0.1, 0.15) is 0 Å². The van der Waals surface area contributed by atoms with Crippen molar-refractivity contribution in [2.45, 2.75) is 19.8 Å². The number of carbonyl (C=O) groups excluding carboxylic acids is 2. The van der Waals surface area contributed by atoms with Crippen molar-refractivity contribution < 1.29 is 19.6 Å². The molecule has 1 aliphatic rings. The number of nitro groups is 1. The lowest BCUT2D eigenvalue weighted by Crippen LogP contribution is -2.41. The van der Waals surface area contributed by atoms with Crippen molar-refractivity contribution in [2.75, 3.05) is 5.32 Å². The van der Waals surface area contributed by atoms with Crippen molar-refractivity contribution in [2.24, 2.45) is 11.8 Å². The molecule has 22 heavy (non-hydrogen) atoms. The molecule has 1 aromatic rings. The standard InChI is InChI=1S/C15H16N2O5/c1-9-6-7-10(8-13(9)17(21)22)16-14(18)11-4-2-3-5-12(11)15(19)20/h2-3,6-8,11-12H,4-5H2,1H3,(H,16,18)(H,19,20)/p-1/t11-,12-/m1/s1. The van der Waals surface area contributed by atoms with Gasteiger partial charge in [0.2, 0.25) is 5.91 Å². The van der Waals surface area contributed by atoms with Gasteiger partial charge in [-0.3, -0.25) is 14.9 Å². The zero-order valence-corrected chi connectivity index (χ0v) is 11.9. The smallest absolute Gasteiger partial charge is 0.274 e. The third-order valence-corrected chi connectivity index (χ3v) is 3.75. The normalized spacial score (nSPS) is 20.4. The lowest BCUT2D eigenvalue weighted by molar-refractivity contribution is -0.385. The van der Waals surface area contributed by atoms with Crippen molar-refractivity contribution in [3.05, 3.63) is 46.0 Å². The first-order valence-electron chi connectivity index (χ1n) is 6.82. The fourth-order valence-corrected chi connectivity index (χ4v) is 2.48. The number of allylic oxidation sites excluding steroid dienone is 2. The summed E-state index contributed by atoms with van der Waals surface area (Å²) in [7, 11) is 0. The second-order valence-electron chi connectivity index (χ2n) is 5.22. The zero-order chi connectivity index (χ0) is 16.3. The van der Waals surface area contributed by atoms with Gasteiger partial charge in [0, 0.05) is 29.2 Å². The molecule has 0 aromatic heterocycles. The fourth-order valence-electron chi connectivity index (χ4n) is 2.48. The van der Waals surface area contributed by atoms with Gasteiger partial charge in [0.25, 0.3) is 5.69 Å². The number of aryl methyl sites for hydroxylation is 1. The molecule has 7 nitrogen and oxygen atoms in total. The van der Waals surface area contributed by atoms with Gasteiger partial charge < -0.3 is 15.2 Å². The zero-order valence-electron chi connectivity index (χ0n) is 11.9. The van der Waals surface area contributed by atoms with Crippen molar-refractivity contribution in [1.82, 2.24) is 0 Å². The number of hydrogen-bond donors (Lipinski definition) is 1. The quantitative estimate of drug-likeness (QED) is 0.509. The van der Waals surface area contributed by atoms with Crippen molar-refractivity contribution in [3.63, 3.8) is 0 Å². The number of amides is 1. The number of carboxylic acids is 1. The van der Waals surface area contributed by atoms with E-state index < -0.39 is 28.6 Å². The van der Waals surface area contributed by atoms with Gasteiger partial charge in [-0.05, 0) is 25.8 Å². The summed E-state index contributed by atoms with van der Waals surface area (Å²) >= 11 is 0. The van der Waals surface area contributed by atoms with Gasteiger partial charge in [-0.1, -0.05) is 18.2 Å². The van der Waals surface area contributed by atoms with Gasteiger partial charge in [-0.15, -0.1) is 0 Å². The Labute approximate surface area is 126 Å². The van der Waals surface area contributed by atoms with E-state index in [0.717, 1.165) is 0 Å². The SMILES string of the molecule is Cc1ccc(NC(=O)[C@@H]2CC=CC[C@H]2C(=O)[O-])cc1[N+](=O)[O-]. The minimum absolute atomic E-state index is 0.0993. The molecule has 0 saturated carbocycles. The van der Waals surface area contributed by atoms with Crippen LogP contribution in [0.1, 0.15) is 18.4 Å². The van der Waals surface area contributed by atoms with E-state index in [1.807, 2.05) is 0 Å². The second kappa shape index (κ2) is 6.38. The third kappa shape index (κ3) is 3.30. The molecular weight excluding hydrogens is 288 g/mol. The van der Waals surface area contributed by atoms with E-state index in [0.29, 0.717) is 12.0 Å². The Hall–Kier alpha value is -2.70. The number of carboxylic acid groups (broad SMARTS) is 1. The van der Waals surface area contributed by atoms with E-state index >= 15 is 0 Å². The maximum Gasteiger partial charge on any atom is 0.274 e. The van der Waals surface area contributed by atoms with E-state index in [2.05, 4.69) is 5.32 Å². The molecule has 0 aliphatic heterocycles. The number of nitro benzene ring substituents is 1. The maximum atomic E-state index is 12.2. The number of nitrogens with zero attached hydrogens (tertiary/aromatic N) is 1. The summed E-state index contributed by atoms with van der Waals surface area (Å²) in [5, 5.41) is 24.5. The van der Waals surface area contributed by atoms with Crippen LogP contribution < -0.4 is 10.4 Å². The Balaban J connectivity index is 2.18. The van der Waals surface area contributed by atoms with Crippen LogP contribution >= 0.6 is 0 Å². The Bertz CT molecular complexity index is 653. The summed E-state index contributed by atoms with van der Waals surface area (Å²) in [6.07, 6.45) is 4.01. The third-order valence-electron chi connectivity index (χ3n) is 3.75. The molecule has 2 atom stereocenters. The summed E-state index contributed by atoms with van der Waals surface area (Å²) in [5.41, 5.74) is 0.656. The number of rotatable bonds is 4. The molecule has 0 fully saturated rings. The molecule has 0 radical (unpaired) electrons. The van der Waals surface area contributed by atoms with Crippen molar-refractivity contribution in [3.8, 4) is 0 Å². The highest BCUT2D eigenvalue weighted by Crippen LogP contribution is 2.28. The molecule has 1 aromatic carbocycles. The molecule has 0 spiro atoms. The summed E-state index contributed by atoms with van der Waals surface area (Å²) in [6, 6.07) is 4.34. The number of anilines is 1. The van der Waals surface area contributed by atoms with Gasteiger partial charge in [0.15, 0.2) is 0 Å². The van der Waals surface area contributed by atoms with E-state index in [9.17, 15) is 24.8 Å². The first-order chi connectivity index (χ1) is 10.4. The summed E-state index contributed by atoms with van der Waals surface area (Å²) in [4.78, 5) is 33.7. The monoisotopic (exact) mass is 303 g/mol. The lowest BCUT2D eigenvalue weighted by atomic mass is 9.82. The highest BCUT2D eigenvalue weighted by Gasteiger charge is 2.30. The van der Waals surface area contributed by atoms with E-state index in [-0.39, 0.29) is 17.8 Å². The number of benzene rings is 1.